The van der Waals surface area contributed by atoms with Gasteiger partial charge in [-0.3, -0.25) is 0 Å². The van der Waals surface area contributed by atoms with E-state index in [0.717, 1.165) is 24.4 Å². The zero-order valence-electron chi connectivity index (χ0n) is 14.2. The first-order chi connectivity index (χ1) is 11.1. The predicted octanol–water partition coefficient (Wildman–Crippen LogP) is 4.16. The van der Waals surface area contributed by atoms with Crippen molar-refractivity contribution in [3.05, 3.63) is 59.7 Å². The molecule has 0 amide bonds. The molecule has 3 heteroatoms. The molecule has 1 aliphatic heterocycles. The third-order valence-corrected chi connectivity index (χ3v) is 4.33. The molecule has 0 aliphatic carbocycles. The molecular weight excluding hydrogens is 284 g/mol. The highest BCUT2D eigenvalue weighted by molar-refractivity contribution is 5.59. The van der Waals surface area contributed by atoms with Crippen LogP contribution in [-0.2, 0) is 6.42 Å². The van der Waals surface area contributed by atoms with Crippen molar-refractivity contribution in [2.24, 2.45) is 0 Å². The highest BCUT2D eigenvalue weighted by Crippen LogP contribution is 2.30. The molecule has 23 heavy (non-hydrogen) atoms. The van der Waals surface area contributed by atoms with Crippen LogP contribution in [0.5, 0.6) is 5.75 Å². The van der Waals surface area contributed by atoms with Crippen molar-refractivity contribution in [3.8, 4) is 5.75 Å². The van der Waals surface area contributed by atoms with E-state index in [4.69, 9.17) is 4.74 Å². The number of anilines is 1. The number of fused-ring (bicyclic) bond motifs is 1. The third kappa shape index (κ3) is 4.05. The van der Waals surface area contributed by atoms with Crippen LogP contribution in [0.1, 0.15) is 37.9 Å². The topological polar surface area (TPSA) is 33.3 Å². The summed E-state index contributed by atoms with van der Waals surface area (Å²) < 4.78 is 5.84. The van der Waals surface area contributed by atoms with Gasteiger partial charge >= 0.3 is 0 Å². The van der Waals surface area contributed by atoms with Crippen LogP contribution in [0, 0.1) is 0 Å². The maximum absolute atomic E-state index is 5.84. The summed E-state index contributed by atoms with van der Waals surface area (Å²) in [5, 5.41) is 7.13. The molecule has 0 spiro atoms. The molecule has 0 fully saturated rings. The summed E-state index contributed by atoms with van der Waals surface area (Å²) in [6.07, 6.45) is 1.24. The zero-order valence-corrected chi connectivity index (χ0v) is 14.2. The van der Waals surface area contributed by atoms with Crippen molar-refractivity contribution in [2.45, 2.75) is 45.4 Å². The van der Waals surface area contributed by atoms with Gasteiger partial charge in [-0.25, -0.2) is 0 Å². The normalized spacial score (nSPS) is 19.2. The molecule has 0 aromatic heterocycles. The molecular formula is C20H26N2O. The molecule has 2 aromatic rings. The Morgan fingerprint density at radius 1 is 1.17 bits per heavy atom. The lowest BCUT2D eigenvalue weighted by Crippen LogP contribution is -2.31. The fraction of sp³-hybridized carbons (Fsp3) is 0.400. The smallest absolute Gasteiger partial charge is 0.142 e. The largest absolute Gasteiger partial charge is 0.487 e. The number of ether oxygens (including phenoxy) is 1. The minimum atomic E-state index is 0.237. The van der Waals surface area contributed by atoms with Gasteiger partial charge in [-0.15, -0.1) is 0 Å². The first-order valence-corrected chi connectivity index (χ1v) is 8.46. The number of nitrogens with one attached hydrogen (secondary N) is 2. The number of rotatable bonds is 5. The molecule has 0 radical (unpaired) electrons. The fourth-order valence-electron chi connectivity index (χ4n) is 3.13. The Kier molecular flexibility index (Phi) is 4.87. The second-order valence-corrected chi connectivity index (χ2v) is 6.54. The Labute approximate surface area is 139 Å². The van der Waals surface area contributed by atoms with E-state index in [1.54, 1.807) is 0 Å². The Bertz CT molecular complexity index is 641. The Balaban J connectivity index is 1.61. The van der Waals surface area contributed by atoms with Crippen molar-refractivity contribution in [3.63, 3.8) is 0 Å². The second-order valence-electron chi connectivity index (χ2n) is 6.54. The Hall–Kier alpha value is -2.00. The summed E-state index contributed by atoms with van der Waals surface area (Å²) in [5.74, 6) is 0.964. The lowest BCUT2D eigenvalue weighted by Gasteiger charge is -2.26. The van der Waals surface area contributed by atoms with Gasteiger partial charge in [0, 0.05) is 12.1 Å². The third-order valence-electron chi connectivity index (χ3n) is 4.33. The molecule has 122 valence electrons. The molecule has 1 aliphatic rings. The van der Waals surface area contributed by atoms with Crippen LogP contribution in [0.15, 0.2) is 48.5 Å². The maximum atomic E-state index is 5.84. The minimum Gasteiger partial charge on any atom is -0.487 e. The molecule has 3 atom stereocenters. The first kappa shape index (κ1) is 15.9. The molecule has 3 rings (SSSR count). The molecule has 0 saturated heterocycles. The van der Waals surface area contributed by atoms with Crippen molar-refractivity contribution >= 4 is 5.69 Å². The second kappa shape index (κ2) is 7.05. The van der Waals surface area contributed by atoms with E-state index in [0.29, 0.717) is 12.1 Å². The van der Waals surface area contributed by atoms with Crippen molar-refractivity contribution in [1.29, 1.82) is 0 Å². The predicted molar refractivity (Wildman–Crippen MR) is 96.2 cm³/mol. The van der Waals surface area contributed by atoms with Gasteiger partial charge in [-0.2, -0.15) is 0 Å². The van der Waals surface area contributed by atoms with Crippen LogP contribution >= 0.6 is 0 Å². The molecule has 3 unspecified atom stereocenters. The highest BCUT2D eigenvalue weighted by atomic mass is 16.5. The van der Waals surface area contributed by atoms with Crippen LogP contribution < -0.4 is 15.4 Å². The molecule has 1 heterocycles. The summed E-state index contributed by atoms with van der Waals surface area (Å²) in [6.45, 7) is 7.41. The van der Waals surface area contributed by atoms with E-state index >= 15 is 0 Å². The zero-order chi connectivity index (χ0) is 16.2. The van der Waals surface area contributed by atoms with Crippen LogP contribution in [0.2, 0.25) is 0 Å². The van der Waals surface area contributed by atoms with Gasteiger partial charge in [0.15, 0.2) is 0 Å². The van der Waals surface area contributed by atoms with Gasteiger partial charge in [0.2, 0.25) is 0 Å². The van der Waals surface area contributed by atoms with Crippen LogP contribution in [0.3, 0.4) is 0 Å². The van der Waals surface area contributed by atoms with Crippen molar-refractivity contribution < 1.29 is 4.74 Å². The van der Waals surface area contributed by atoms with Gasteiger partial charge in [0.1, 0.15) is 11.9 Å². The van der Waals surface area contributed by atoms with Gasteiger partial charge in [-0.1, -0.05) is 36.4 Å². The van der Waals surface area contributed by atoms with Crippen LogP contribution in [-0.4, -0.2) is 18.7 Å². The molecule has 3 nitrogen and oxygen atoms in total. The van der Waals surface area contributed by atoms with E-state index in [9.17, 15) is 0 Å². The van der Waals surface area contributed by atoms with E-state index in [-0.39, 0.29) is 6.10 Å². The van der Waals surface area contributed by atoms with Gasteiger partial charge in [-0.05, 0) is 50.5 Å². The standard InChI is InChI=1S/C20H26N2O/c1-14(22-16(3)18-7-5-4-6-8-18)11-17-9-10-20-19(12-17)21-13-15(2)23-20/h4-10,12,14-16,21-22H,11,13H2,1-3H3. The highest BCUT2D eigenvalue weighted by Gasteiger charge is 2.16. The maximum Gasteiger partial charge on any atom is 0.142 e. The fourth-order valence-corrected chi connectivity index (χ4v) is 3.13. The Morgan fingerprint density at radius 2 is 1.96 bits per heavy atom. The minimum absolute atomic E-state index is 0.237. The molecule has 0 saturated carbocycles. The molecule has 2 aromatic carbocycles. The van der Waals surface area contributed by atoms with E-state index in [1.165, 1.54) is 11.1 Å². The van der Waals surface area contributed by atoms with Gasteiger partial charge in [0.25, 0.3) is 0 Å². The van der Waals surface area contributed by atoms with E-state index in [1.807, 2.05) is 0 Å². The number of hydrogen-bond donors (Lipinski definition) is 2. The number of hydrogen-bond acceptors (Lipinski definition) is 3. The van der Waals surface area contributed by atoms with Crippen LogP contribution in [0.4, 0.5) is 5.69 Å². The van der Waals surface area contributed by atoms with Crippen molar-refractivity contribution in [2.75, 3.05) is 11.9 Å². The summed E-state index contributed by atoms with van der Waals surface area (Å²) in [6, 6.07) is 17.8. The Morgan fingerprint density at radius 3 is 2.74 bits per heavy atom. The average molecular weight is 310 g/mol. The summed E-state index contributed by atoms with van der Waals surface area (Å²) in [7, 11) is 0. The lowest BCUT2D eigenvalue weighted by molar-refractivity contribution is 0.226. The van der Waals surface area contributed by atoms with Gasteiger partial charge in [0.05, 0.1) is 12.2 Å². The summed E-state index contributed by atoms with van der Waals surface area (Å²) in [4.78, 5) is 0. The average Bonchev–Trinajstić information content (AvgIpc) is 2.55. The lowest BCUT2D eigenvalue weighted by atomic mass is 10.0. The quantitative estimate of drug-likeness (QED) is 0.870. The molecule has 2 N–H and O–H groups in total. The van der Waals surface area contributed by atoms with Gasteiger partial charge < -0.3 is 15.4 Å². The SMILES string of the molecule is CC(Cc1ccc2c(c1)NCC(C)O2)NC(C)c1ccccc1. The van der Waals surface area contributed by atoms with Crippen molar-refractivity contribution in [1.82, 2.24) is 5.32 Å². The van der Waals surface area contributed by atoms with Crippen LogP contribution in [0.25, 0.3) is 0 Å². The molecule has 0 bridgehead atoms. The first-order valence-electron chi connectivity index (χ1n) is 8.46. The number of benzene rings is 2. The summed E-state index contributed by atoms with van der Waals surface area (Å²) >= 11 is 0. The summed E-state index contributed by atoms with van der Waals surface area (Å²) in [5.41, 5.74) is 3.77. The van der Waals surface area contributed by atoms with E-state index in [2.05, 4.69) is 79.9 Å². The van der Waals surface area contributed by atoms with E-state index < -0.39 is 0 Å². The monoisotopic (exact) mass is 310 g/mol.